The minimum atomic E-state index is -0.543. The van der Waals surface area contributed by atoms with Gasteiger partial charge in [-0.05, 0) is 24.1 Å². The highest BCUT2D eigenvalue weighted by atomic mass is 16.5. The topological polar surface area (TPSA) is 67.2 Å². The first-order valence-corrected chi connectivity index (χ1v) is 5.87. The molecule has 0 saturated carbocycles. The van der Waals surface area contributed by atoms with E-state index >= 15 is 0 Å². The Kier molecular flexibility index (Phi) is 4.10. The molecule has 1 aromatic carbocycles. The fraction of sp³-hybridized carbons (Fsp3) is 0.143. The summed E-state index contributed by atoms with van der Waals surface area (Å²) in [5.41, 5.74) is 4.72. The van der Waals surface area contributed by atoms with E-state index in [0.29, 0.717) is 0 Å². The molecule has 5 nitrogen and oxygen atoms in total. The second kappa shape index (κ2) is 5.97. The van der Waals surface area contributed by atoms with E-state index < -0.39 is 5.91 Å². The van der Waals surface area contributed by atoms with Crippen LogP contribution in [0, 0.1) is 6.92 Å². The van der Waals surface area contributed by atoms with Gasteiger partial charge >= 0.3 is 0 Å². The van der Waals surface area contributed by atoms with E-state index in [0.717, 1.165) is 23.4 Å². The standard InChI is InChI=1S/C14H15N3O2/c1-11-8-15-10-17(11)9-13-4-2-12(3-5-13)6-7-14(18)16-19/h2-8,10,19H,9H2,1H3,(H,16,18)/b7-6+. The van der Waals surface area contributed by atoms with E-state index in [2.05, 4.69) is 9.55 Å². The maximum atomic E-state index is 10.8. The Morgan fingerprint density at radius 1 is 1.42 bits per heavy atom. The summed E-state index contributed by atoms with van der Waals surface area (Å²) >= 11 is 0. The molecule has 0 bridgehead atoms. The number of hydrogen-bond acceptors (Lipinski definition) is 3. The Morgan fingerprint density at radius 2 is 2.16 bits per heavy atom. The molecule has 0 aliphatic rings. The molecule has 98 valence electrons. The Bertz CT molecular complexity index is 585. The zero-order chi connectivity index (χ0) is 13.7. The molecule has 0 unspecified atom stereocenters. The zero-order valence-corrected chi connectivity index (χ0v) is 10.6. The number of amides is 1. The molecule has 2 rings (SSSR count). The van der Waals surface area contributed by atoms with Gasteiger partial charge in [-0.25, -0.2) is 10.5 Å². The molecule has 0 saturated heterocycles. The Balaban J connectivity index is 2.04. The van der Waals surface area contributed by atoms with Crippen molar-refractivity contribution < 1.29 is 10.0 Å². The van der Waals surface area contributed by atoms with Crippen LogP contribution in [0.2, 0.25) is 0 Å². The molecule has 0 atom stereocenters. The first kappa shape index (κ1) is 13.0. The summed E-state index contributed by atoms with van der Waals surface area (Å²) in [6, 6.07) is 7.83. The first-order valence-electron chi connectivity index (χ1n) is 5.87. The molecule has 0 radical (unpaired) electrons. The van der Waals surface area contributed by atoms with E-state index in [1.165, 1.54) is 6.08 Å². The lowest BCUT2D eigenvalue weighted by atomic mass is 10.1. The summed E-state index contributed by atoms with van der Waals surface area (Å²) in [6.45, 7) is 2.78. The molecular formula is C14H15N3O2. The summed E-state index contributed by atoms with van der Waals surface area (Å²) in [6.07, 6.45) is 6.53. The lowest BCUT2D eigenvalue weighted by Gasteiger charge is -2.05. The molecule has 1 amide bonds. The van der Waals surface area contributed by atoms with Crippen LogP contribution in [0.15, 0.2) is 42.9 Å². The van der Waals surface area contributed by atoms with E-state index in [9.17, 15) is 4.79 Å². The molecule has 19 heavy (non-hydrogen) atoms. The second-order valence-electron chi connectivity index (χ2n) is 4.21. The minimum absolute atomic E-state index is 0.543. The van der Waals surface area contributed by atoms with Gasteiger partial charge in [0.2, 0.25) is 0 Å². The van der Waals surface area contributed by atoms with Crippen molar-refractivity contribution in [2.24, 2.45) is 0 Å². The number of aromatic nitrogens is 2. The summed E-state index contributed by atoms with van der Waals surface area (Å²) < 4.78 is 2.06. The average molecular weight is 257 g/mol. The van der Waals surface area contributed by atoms with E-state index in [-0.39, 0.29) is 0 Å². The molecule has 5 heteroatoms. The lowest BCUT2D eigenvalue weighted by Crippen LogP contribution is -2.14. The maximum Gasteiger partial charge on any atom is 0.267 e. The Labute approximate surface area is 111 Å². The van der Waals surface area contributed by atoms with Crippen LogP contribution in [0.1, 0.15) is 16.8 Å². The average Bonchev–Trinajstić information content (AvgIpc) is 2.83. The van der Waals surface area contributed by atoms with E-state index in [1.807, 2.05) is 37.4 Å². The van der Waals surface area contributed by atoms with Crippen molar-refractivity contribution in [3.63, 3.8) is 0 Å². The highest BCUT2D eigenvalue weighted by molar-refractivity contribution is 5.90. The van der Waals surface area contributed by atoms with Gasteiger partial charge in [0, 0.05) is 24.5 Å². The summed E-state index contributed by atoms with van der Waals surface area (Å²) in [5, 5.41) is 8.37. The van der Waals surface area contributed by atoms with Gasteiger partial charge in [0.1, 0.15) is 0 Å². The van der Waals surface area contributed by atoms with Crippen molar-refractivity contribution in [1.82, 2.24) is 15.0 Å². The van der Waals surface area contributed by atoms with E-state index in [4.69, 9.17) is 5.21 Å². The summed E-state index contributed by atoms with van der Waals surface area (Å²) in [5.74, 6) is -0.543. The van der Waals surface area contributed by atoms with Crippen LogP contribution in [-0.2, 0) is 11.3 Å². The molecule has 0 aliphatic carbocycles. The number of imidazole rings is 1. The second-order valence-corrected chi connectivity index (χ2v) is 4.21. The maximum absolute atomic E-state index is 10.8. The molecule has 0 aliphatic heterocycles. The van der Waals surface area contributed by atoms with Gasteiger partial charge in [0.15, 0.2) is 0 Å². The van der Waals surface area contributed by atoms with Crippen LogP contribution >= 0.6 is 0 Å². The molecule has 0 fully saturated rings. The third-order valence-corrected chi connectivity index (χ3v) is 2.79. The molecular weight excluding hydrogens is 242 g/mol. The number of hydrogen-bond donors (Lipinski definition) is 2. The van der Waals surface area contributed by atoms with Crippen molar-refractivity contribution in [3.05, 3.63) is 59.7 Å². The van der Waals surface area contributed by atoms with E-state index in [1.54, 1.807) is 17.9 Å². The van der Waals surface area contributed by atoms with Crippen molar-refractivity contribution in [2.45, 2.75) is 13.5 Å². The Hall–Kier alpha value is -2.40. The minimum Gasteiger partial charge on any atom is -0.330 e. The van der Waals surface area contributed by atoms with Crippen LogP contribution in [-0.4, -0.2) is 20.7 Å². The number of nitrogens with zero attached hydrogens (tertiary/aromatic N) is 2. The van der Waals surface area contributed by atoms with Gasteiger partial charge in [-0.2, -0.15) is 0 Å². The number of carbonyl (C=O) groups excluding carboxylic acids is 1. The molecule has 0 spiro atoms. The summed E-state index contributed by atoms with van der Waals surface area (Å²) in [7, 11) is 0. The molecule has 1 aromatic heterocycles. The number of benzene rings is 1. The van der Waals surface area contributed by atoms with Crippen LogP contribution in [0.3, 0.4) is 0 Å². The van der Waals surface area contributed by atoms with Gasteiger partial charge in [0.05, 0.1) is 6.33 Å². The van der Waals surface area contributed by atoms with Crippen molar-refractivity contribution in [2.75, 3.05) is 0 Å². The Morgan fingerprint density at radius 3 is 2.74 bits per heavy atom. The fourth-order valence-electron chi connectivity index (χ4n) is 1.69. The SMILES string of the molecule is Cc1cncn1Cc1ccc(/C=C/C(=O)NO)cc1. The predicted molar refractivity (Wildman–Crippen MR) is 71.5 cm³/mol. The van der Waals surface area contributed by atoms with Gasteiger partial charge in [-0.15, -0.1) is 0 Å². The number of aryl methyl sites for hydroxylation is 1. The first-order chi connectivity index (χ1) is 9.19. The van der Waals surface area contributed by atoms with Gasteiger partial charge in [-0.3, -0.25) is 10.0 Å². The van der Waals surface area contributed by atoms with Crippen molar-refractivity contribution >= 4 is 12.0 Å². The summed E-state index contributed by atoms with van der Waals surface area (Å²) in [4.78, 5) is 14.9. The monoisotopic (exact) mass is 257 g/mol. The smallest absolute Gasteiger partial charge is 0.267 e. The number of carbonyl (C=O) groups is 1. The van der Waals surface area contributed by atoms with Crippen LogP contribution in [0.25, 0.3) is 6.08 Å². The third kappa shape index (κ3) is 3.53. The van der Waals surface area contributed by atoms with Gasteiger partial charge in [-0.1, -0.05) is 24.3 Å². The number of hydroxylamine groups is 1. The highest BCUT2D eigenvalue weighted by Gasteiger charge is 1.98. The predicted octanol–water partition coefficient (Wildman–Crippen LogP) is 1.76. The highest BCUT2D eigenvalue weighted by Crippen LogP contribution is 2.09. The molecule has 2 aromatic rings. The fourth-order valence-corrected chi connectivity index (χ4v) is 1.69. The third-order valence-electron chi connectivity index (χ3n) is 2.79. The molecule has 1 heterocycles. The normalized spacial score (nSPS) is 10.8. The van der Waals surface area contributed by atoms with Crippen LogP contribution < -0.4 is 5.48 Å². The number of rotatable bonds is 4. The van der Waals surface area contributed by atoms with Gasteiger partial charge in [0.25, 0.3) is 5.91 Å². The van der Waals surface area contributed by atoms with Crippen molar-refractivity contribution in [3.8, 4) is 0 Å². The van der Waals surface area contributed by atoms with Crippen LogP contribution in [0.5, 0.6) is 0 Å². The number of nitrogens with one attached hydrogen (secondary N) is 1. The van der Waals surface area contributed by atoms with Crippen LogP contribution in [0.4, 0.5) is 0 Å². The lowest BCUT2D eigenvalue weighted by molar-refractivity contribution is -0.124. The zero-order valence-electron chi connectivity index (χ0n) is 10.6. The van der Waals surface area contributed by atoms with Gasteiger partial charge < -0.3 is 4.57 Å². The molecule has 2 N–H and O–H groups in total. The largest absolute Gasteiger partial charge is 0.330 e. The quantitative estimate of drug-likeness (QED) is 0.498. The van der Waals surface area contributed by atoms with Crippen molar-refractivity contribution in [1.29, 1.82) is 0 Å².